The van der Waals surface area contributed by atoms with E-state index in [1.165, 1.54) is 12.4 Å². The Morgan fingerprint density at radius 3 is 2.68 bits per heavy atom. The molecule has 2 aromatic heterocycles. The van der Waals surface area contributed by atoms with Gasteiger partial charge in [-0.25, -0.2) is 19.6 Å². The summed E-state index contributed by atoms with van der Waals surface area (Å²) in [5.41, 5.74) is 5.69. The van der Waals surface area contributed by atoms with Gasteiger partial charge >= 0.3 is 0 Å². The molecule has 31 heavy (non-hydrogen) atoms. The number of benzene rings is 2. The van der Waals surface area contributed by atoms with Crippen molar-refractivity contribution < 1.29 is 14.9 Å². The fraction of sp³-hybridized carbons (Fsp3) is 0.158. The molecule has 4 rings (SSSR count). The number of aromatic nitrogens is 5. The van der Waals surface area contributed by atoms with Crippen molar-refractivity contribution in [3.8, 4) is 22.6 Å². The van der Waals surface area contributed by atoms with E-state index in [0.717, 1.165) is 16.6 Å². The molecule has 4 N–H and O–H groups in total. The number of halogens is 1. The van der Waals surface area contributed by atoms with E-state index in [2.05, 4.69) is 20.1 Å². The summed E-state index contributed by atoms with van der Waals surface area (Å²) in [6.07, 6.45) is 1.71. The summed E-state index contributed by atoms with van der Waals surface area (Å²) in [5, 5.41) is 25.3. The Balaban J connectivity index is 1.81. The van der Waals surface area contributed by atoms with Gasteiger partial charge in [0.1, 0.15) is 34.2 Å². The molecule has 4 aromatic rings. The molecule has 0 bridgehead atoms. The number of aliphatic hydroxyl groups is 1. The second kappa shape index (κ2) is 7.75. The molecule has 1 atom stereocenters. The number of anilines is 1. The second-order valence-electron chi connectivity index (χ2n) is 6.86. The minimum atomic E-state index is -2.21. The van der Waals surface area contributed by atoms with Crippen molar-refractivity contribution in [3.63, 3.8) is 0 Å². The molecule has 2 aromatic carbocycles. The smallest absolute Gasteiger partial charge is 0.191 e. The molecule has 0 aliphatic carbocycles. The first-order valence-corrected chi connectivity index (χ1v) is 9.44. The second-order valence-corrected chi connectivity index (χ2v) is 7.29. The van der Waals surface area contributed by atoms with E-state index in [1.54, 1.807) is 25.1 Å². The van der Waals surface area contributed by atoms with E-state index in [-0.39, 0.29) is 23.1 Å². The minimum absolute atomic E-state index is 0.0542. The average Bonchev–Trinajstić information content (AvgIpc) is 3.21. The van der Waals surface area contributed by atoms with Crippen LogP contribution in [-0.2, 0) is 5.52 Å². The molecular formula is C19H15B2ClN6O3. The normalized spacial score (nSPS) is 12.7. The summed E-state index contributed by atoms with van der Waals surface area (Å²) < 4.78 is 6.80. The zero-order valence-corrected chi connectivity index (χ0v) is 17.0. The first kappa shape index (κ1) is 21.0. The average molecular weight is 432 g/mol. The van der Waals surface area contributed by atoms with Gasteiger partial charge in [-0.1, -0.05) is 23.7 Å². The standard InChI is InChI=1S/C19H15B2ClN6O3/c1-9(18-26-8-28(27-18)19(20,21)30)31-16-13(29)6-12(10-3-2-4-11(22)5-10)15-14(16)17(23)25-7-24-15/h2-9,29-30H,1H3,(H2,23,24,25). The number of ether oxygens (including phenoxy) is 1. The summed E-state index contributed by atoms with van der Waals surface area (Å²) >= 11 is 6.12. The van der Waals surface area contributed by atoms with E-state index in [4.69, 9.17) is 37.8 Å². The maximum Gasteiger partial charge on any atom is 0.191 e. The van der Waals surface area contributed by atoms with E-state index in [9.17, 15) is 10.2 Å². The molecule has 0 aliphatic rings. The first-order chi connectivity index (χ1) is 14.6. The van der Waals surface area contributed by atoms with Crippen LogP contribution in [0.1, 0.15) is 18.9 Å². The van der Waals surface area contributed by atoms with E-state index in [0.29, 0.717) is 21.5 Å². The van der Waals surface area contributed by atoms with Crippen molar-refractivity contribution in [1.82, 2.24) is 24.7 Å². The van der Waals surface area contributed by atoms with Crippen molar-refractivity contribution in [2.45, 2.75) is 18.6 Å². The number of hydrogen-bond donors (Lipinski definition) is 3. The SMILES string of the molecule is [B]C([B])(O)n1cnc(C(C)Oc2c(O)cc(-c3cccc(Cl)c3)c3ncnc(N)c23)n1. The van der Waals surface area contributed by atoms with Crippen LogP contribution in [0.15, 0.2) is 43.0 Å². The van der Waals surface area contributed by atoms with Crippen LogP contribution in [0.2, 0.25) is 5.02 Å². The molecule has 0 aliphatic heterocycles. The van der Waals surface area contributed by atoms with Crippen LogP contribution in [0.4, 0.5) is 5.82 Å². The molecule has 0 saturated carbocycles. The lowest BCUT2D eigenvalue weighted by Gasteiger charge is -2.19. The fourth-order valence-corrected chi connectivity index (χ4v) is 3.28. The third kappa shape index (κ3) is 4.01. The molecule has 0 amide bonds. The van der Waals surface area contributed by atoms with Crippen LogP contribution in [0.25, 0.3) is 22.0 Å². The summed E-state index contributed by atoms with van der Waals surface area (Å²) in [5.74, 6) is 0.141. The van der Waals surface area contributed by atoms with Gasteiger partial charge in [-0.3, -0.25) is 0 Å². The molecule has 2 heterocycles. The molecule has 12 heteroatoms. The number of aromatic hydroxyl groups is 1. The molecule has 152 valence electrons. The maximum atomic E-state index is 10.8. The Morgan fingerprint density at radius 2 is 2.00 bits per heavy atom. The molecule has 1 unspecified atom stereocenters. The number of hydrogen-bond acceptors (Lipinski definition) is 8. The van der Waals surface area contributed by atoms with Gasteiger partial charge in [0.15, 0.2) is 23.4 Å². The van der Waals surface area contributed by atoms with Crippen LogP contribution in [0.3, 0.4) is 0 Å². The lowest BCUT2D eigenvalue weighted by Crippen LogP contribution is -2.34. The zero-order valence-electron chi connectivity index (χ0n) is 16.3. The number of nitrogens with zero attached hydrogens (tertiary/aromatic N) is 5. The van der Waals surface area contributed by atoms with Crippen LogP contribution in [0.5, 0.6) is 11.5 Å². The lowest BCUT2D eigenvalue weighted by molar-refractivity contribution is 0.124. The highest BCUT2D eigenvalue weighted by atomic mass is 35.5. The summed E-state index contributed by atoms with van der Waals surface area (Å²) in [6.45, 7) is 1.64. The number of rotatable bonds is 5. The number of nitrogen functional groups attached to an aromatic ring is 1. The predicted molar refractivity (Wildman–Crippen MR) is 117 cm³/mol. The first-order valence-electron chi connectivity index (χ1n) is 9.06. The van der Waals surface area contributed by atoms with Crippen LogP contribution < -0.4 is 10.5 Å². The van der Waals surface area contributed by atoms with Crippen LogP contribution in [0, 0.1) is 0 Å². The van der Waals surface area contributed by atoms with Gasteiger partial charge in [0.25, 0.3) is 0 Å². The van der Waals surface area contributed by atoms with Gasteiger partial charge in [0, 0.05) is 10.6 Å². The van der Waals surface area contributed by atoms with E-state index < -0.39 is 11.6 Å². The third-order valence-corrected chi connectivity index (χ3v) is 4.78. The van der Waals surface area contributed by atoms with Crippen molar-refractivity contribution in [2.75, 3.05) is 5.73 Å². The topological polar surface area (TPSA) is 132 Å². The van der Waals surface area contributed by atoms with Crippen molar-refractivity contribution in [2.24, 2.45) is 0 Å². The van der Waals surface area contributed by atoms with Crippen molar-refractivity contribution >= 4 is 44.0 Å². The Hall–Kier alpha value is -3.30. The van der Waals surface area contributed by atoms with Gasteiger partial charge in [0.05, 0.1) is 16.4 Å². The van der Waals surface area contributed by atoms with Gasteiger partial charge in [-0.05, 0) is 30.7 Å². The Labute approximate surface area is 184 Å². The highest BCUT2D eigenvalue weighted by Gasteiger charge is 2.24. The Bertz CT molecular complexity index is 1280. The van der Waals surface area contributed by atoms with E-state index >= 15 is 0 Å². The summed E-state index contributed by atoms with van der Waals surface area (Å²) in [4.78, 5) is 12.4. The monoisotopic (exact) mass is 432 g/mol. The molecule has 0 spiro atoms. The molecule has 9 nitrogen and oxygen atoms in total. The van der Waals surface area contributed by atoms with Crippen LogP contribution >= 0.6 is 11.6 Å². The molecule has 0 fully saturated rings. The molecular weight excluding hydrogens is 417 g/mol. The number of fused-ring (bicyclic) bond motifs is 1. The Kier molecular flexibility index (Phi) is 5.24. The van der Waals surface area contributed by atoms with Crippen LogP contribution in [-0.4, -0.2) is 50.6 Å². The summed E-state index contributed by atoms with van der Waals surface area (Å²) in [6, 6.07) is 8.61. The van der Waals surface area contributed by atoms with Crippen molar-refractivity contribution in [3.05, 3.63) is 53.8 Å². The van der Waals surface area contributed by atoms with Gasteiger partial charge in [-0.15, -0.1) is 0 Å². The molecule has 4 radical (unpaired) electrons. The maximum absolute atomic E-state index is 10.8. The Morgan fingerprint density at radius 1 is 1.23 bits per heavy atom. The predicted octanol–water partition coefficient (Wildman–Crippen LogP) is 1.87. The number of phenols is 1. The van der Waals surface area contributed by atoms with Gasteiger partial charge < -0.3 is 20.7 Å². The highest BCUT2D eigenvalue weighted by molar-refractivity contribution is 6.36. The summed E-state index contributed by atoms with van der Waals surface area (Å²) in [7, 11) is 10.8. The third-order valence-electron chi connectivity index (χ3n) is 4.54. The number of phenolic OH excluding ortho intramolecular Hbond substituents is 1. The lowest BCUT2D eigenvalue weighted by atomic mass is 9.73. The van der Waals surface area contributed by atoms with E-state index in [1.807, 2.05) is 6.07 Å². The van der Waals surface area contributed by atoms with Gasteiger partial charge in [0.2, 0.25) is 0 Å². The zero-order chi connectivity index (χ0) is 22.3. The molecule has 0 saturated heterocycles. The fourth-order valence-electron chi connectivity index (χ4n) is 3.09. The quantitative estimate of drug-likeness (QED) is 0.407. The minimum Gasteiger partial charge on any atom is -0.504 e. The van der Waals surface area contributed by atoms with Crippen molar-refractivity contribution in [1.29, 1.82) is 0 Å². The highest BCUT2D eigenvalue weighted by Crippen LogP contribution is 2.44. The largest absolute Gasteiger partial charge is 0.504 e. The van der Waals surface area contributed by atoms with Gasteiger partial charge in [-0.2, -0.15) is 5.10 Å². The number of nitrogens with two attached hydrogens (primary N) is 1.